The second kappa shape index (κ2) is 11.4. The van der Waals surface area contributed by atoms with Gasteiger partial charge < -0.3 is 30.8 Å². The smallest absolute Gasteiger partial charge is 0.307 e. The van der Waals surface area contributed by atoms with Crippen LogP contribution in [0.25, 0.3) is 10.2 Å². The van der Waals surface area contributed by atoms with E-state index in [-0.39, 0.29) is 49.1 Å². The predicted molar refractivity (Wildman–Crippen MR) is 126 cm³/mol. The SMILES string of the molecule is CNC.Cl.O=C(O)Cc1csc2nc(C(=O)NCc3ccc4c(c3)NC(=O)CO4)[nH]c(=O)c12. The lowest BCUT2D eigenvalue weighted by Crippen LogP contribution is -2.28. The quantitative estimate of drug-likeness (QED) is 0.351. The summed E-state index contributed by atoms with van der Waals surface area (Å²) in [6, 6.07) is 5.12. The lowest BCUT2D eigenvalue weighted by molar-refractivity contribution is -0.136. The van der Waals surface area contributed by atoms with Crippen LogP contribution in [0.1, 0.15) is 21.7 Å². The maximum atomic E-state index is 12.4. The van der Waals surface area contributed by atoms with E-state index in [1.807, 2.05) is 14.1 Å². The molecule has 2 aromatic heterocycles. The molecule has 2 amide bonds. The van der Waals surface area contributed by atoms with Crippen molar-refractivity contribution in [3.8, 4) is 5.75 Å². The number of nitrogens with zero attached hydrogens (tertiary/aromatic N) is 1. The van der Waals surface area contributed by atoms with Gasteiger partial charge in [0, 0.05) is 6.54 Å². The number of nitrogens with one attached hydrogen (secondary N) is 4. The summed E-state index contributed by atoms with van der Waals surface area (Å²) in [5.74, 6) is -1.52. The van der Waals surface area contributed by atoms with Crippen molar-refractivity contribution in [2.24, 2.45) is 0 Å². The minimum Gasteiger partial charge on any atom is -0.482 e. The summed E-state index contributed by atoms with van der Waals surface area (Å²) in [5.41, 5.74) is 1.03. The van der Waals surface area contributed by atoms with Gasteiger partial charge in [0.1, 0.15) is 10.6 Å². The van der Waals surface area contributed by atoms with Gasteiger partial charge in [-0.15, -0.1) is 23.7 Å². The van der Waals surface area contributed by atoms with Gasteiger partial charge >= 0.3 is 5.97 Å². The Kier molecular flexibility index (Phi) is 8.91. The van der Waals surface area contributed by atoms with Gasteiger partial charge in [-0.1, -0.05) is 6.07 Å². The molecule has 0 bridgehead atoms. The van der Waals surface area contributed by atoms with Crippen molar-refractivity contribution < 1.29 is 24.2 Å². The number of H-pyrrole nitrogens is 1. The van der Waals surface area contributed by atoms with E-state index in [0.717, 1.165) is 11.3 Å². The molecule has 1 aliphatic rings. The molecule has 0 saturated carbocycles. The third-order valence-corrected chi connectivity index (χ3v) is 5.13. The van der Waals surface area contributed by atoms with Gasteiger partial charge in [0.25, 0.3) is 17.4 Å². The Morgan fingerprint density at radius 1 is 1.27 bits per heavy atom. The average molecular weight is 496 g/mol. The van der Waals surface area contributed by atoms with Gasteiger partial charge in [0.15, 0.2) is 6.61 Å². The highest BCUT2D eigenvalue weighted by Gasteiger charge is 2.18. The van der Waals surface area contributed by atoms with Crippen LogP contribution in [0.5, 0.6) is 5.75 Å². The van der Waals surface area contributed by atoms with Crippen molar-refractivity contribution in [2.45, 2.75) is 13.0 Å². The average Bonchev–Trinajstić information content (AvgIpc) is 3.14. The van der Waals surface area contributed by atoms with Crippen molar-refractivity contribution in [3.63, 3.8) is 0 Å². The molecule has 0 saturated heterocycles. The number of ether oxygens (including phenoxy) is 1. The number of anilines is 1. The maximum absolute atomic E-state index is 12.4. The summed E-state index contributed by atoms with van der Waals surface area (Å²) < 4.78 is 5.28. The van der Waals surface area contributed by atoms with Gasteiger partial charge in [0.05, 0.1) is 17.5 Å². The summed E-state index contributed by atoms with van der Waals surface area (Å²) in [4.78, 5) is 53.9. The van der Waals surface area contributed by atoms with E-state index in [4.69, 9.17) is 9.84 Å². The molecule has 3 aromatic rings. The van der Waals surface area contributed by atoms with Gasteiger partial charge in [-0.25, -0.2) is 4.98 Å². The zero-order valence-corrected chi connectivity index (χ0v) is 19.3. The first-order valence-corrected chi connectivity index (χ1v) is 10.3. The molecule has 176 valence electrons. The summed E-state index contributed by atoms with van der Waals surface area (Å²) in [5, 5.41) is 18.7. The molecule has 3 heterocycles. The molecule has 11 nitrogen and oxygen atoms in total. The molecule has 0 fully saturated rings. The Labute approximate surface area is 198 Å². The number of aromatic amines is 1. The minimum absolute atomic E-state index is 0. The molecule has 0 unspecified atom stereocenters. The van der Waals surface area contributed by atoms with Crippen molar-refractivity contribution in [2.75, 3.05) is 26.0 Å². The fourth-order valence-electron chi connectivity index (χ4n) is 2.91. The first-order chi connectivity index (χ1) is 15.3. The standard InChI is InChI=1S/C18H14N4O6S.C2H7N.ClH/c23-12-6-28-11-2-1-8(3-10(11)20-12)5-19-17(27)15-21-16(26)14-9(4-13(24)25)7-29-18(14)22-15;1-3-2;/h1-3,7H,4-6H2,(H,19,27)(H,20,23)(H,24,25)(H,21,22,26);3H,1-2H3;1H. The van der Waals surface area contributed by atoms with Crippen molar-refractivity contribution in [3.05, 3.63) is 50.9 Å². The normalized spacial score (nSPS) is 11.8. The number of carbonyl (C=O) groups excluding carboxylic acids is 2. The van der Waals surface area contributed by atoms with Crippen LogP contribution >= 0.6 is 23.7 Å². The summed E-state index contributed by atoms with van der Waals surface area (Å²) in [6.07, 6.45) is -0.297. The van der Waals surface area contributed by atoms with E-state index in [2.05, 4.69) is 25.9 Å². The number of hydrogen-bond acceptors (Lipinski definition) is 8. The molecule has 1 aliphatic heterocycles. The first-order valence-electron chi connectivity index (χ1n) is 9.46. The Bertz CT molecular complexity index is 1240. The zero-order chi connectivity index (χ0) is 23.3. The number of carbonyl (C=O) groups is 3. The number of amides is 2. The molecule has 0 atom stereocenters. The fourth-order valence-corrected chi connectivity index (χ4v) is 3.85. The number of rotatable bonds is 5. The van der Waals surface area contributed by atoms with Gasteiger partial charge in [-0.05, 0) is 42.7 Å². The molecule has 33 heavy (non-hydrogen) atoms. The third-order valence-electron chi connectivity index (χ3n) is 4.21. The highest BCUT2D eigenvalue weighted by atomic mass is 35.5. The molecular weight excluding hydrogens is 474 g/mol. The number of fused-ring (bicyclic) bond motifs is 2. The number of carboxylic acid groups (broad SMARTS) is 1. The lowest BCUT2D eigenvalue weighted by atomic mass is 10.1. The summed E-state index contributed by atoms with van der Waals surface area (Å²) >= 11 is 1.10. The van der Waals surface area contributed by atoms with Gasteiger partial charge in [-0.3, -0.25) is 19.2 Å². The second-order valence-electron chi connectivity index (χ2n) is 6.78. The Morgan fingerprint density at radius 2 is 2.00 bits per heavy atom. The van der Waals surface area contributed by atoms with Crippen LogP contribution in [0.3, 0.4) is 0 Å². The second-order valence-corrected chi connectivity index (χ2v) is 7.63. The van der Waals surface area contributed by atoms with Crippen molar-refractivity contribution >= 4 is 57.4 Å². The van der Waals surface area contributed by atoms with Gasteiger partial charge in [0.2, 0.25) is 5.82 Å². The molecule has 0 radical (unpaired) electrons. The number of benzene rings is 1. The molecule has 4 rings (SSSR count). The molecule has 0 aliphatic carbocycles. The monoisotopic (exact) mass is 495 g/mol. The minimum atomic E-state index is -1.06. The Hall–Kier alpha value is -3.48. The van der Waals surface area contributed by atoms with E-state index in [1.165, 1.54) is 0 Å². The van der Waals surface area contributed by atoms with Crippen LogP contribution in [0, 0.1) is 0 Å². The largest absolute Gasteiger partial charge is 0.482 e. The van der Waals surface area contributed by atoms with Crippen LogP contribution < -0.4 is 26.2 Å². The zero-order valence-electron chi connectivity index (χ0n) is 17.7. The van der Waals surface area contributed by atoms with E-state index in [1.54, 1.807) is 23.6 Å². The number of thiophene rings is 1. The molecular formula is C20H22ClN5O6S. The van der Waals surface area contributed by atoms with Crippen LogP contribution in [0.15, 0.2) is 28.4 Å². The number of aromatic nitrogens is 2. The maximum Gasteiger partial charge on any atom is 0.307 e. The van der Waals surface area contributed by atoms with Crippen LogP contribution in [-0.2, 0) is 22.6 Å². The lowest BCUT2D eigenvalue weighted by Gasteiger charge is -2.18. The van der Waals surface area contributed by atoms with E-state index in [9.17, 15) is 19.2 Å². The summed E-state index contributed by atoms with van der Waals surface area (Å²) in [6.45, 7) is 0.0972. The Balaban J connectivity index is 0.000000914. The van der Waals surface area contributed by atoms with Crippen LogP contribution in [-0.4, -0.2) is 53.6 Å². The predicted octanol–water partition coefficient (Wildman–Crippen LogP) is 1.13. The molecule has 13 heteroatoms. The summed E-state index contributed by atoms with van der Waals surface area (Å²) in [7, 11) is 3.75. The highest BCUT2D eigenvalue weighted by molar-refractivity contribution is 7.16. The van der Waals surface area contributed by atoms with Crippen LogP contribution in [0.2, 0.25) is 0 Å². The van der Waals surface area contributed by atoms with E-state index in [0.29, 0.717) is 27.4 Å². The van der Waals surface area contributed by atoms with E-state index < -0.39 is 17.4 Å². The number of hydrogen-bond donors (Lipinski definition) is 5. The topological polar surface area (TPSA) is 163 Å². The number of aliphatic carboxylic acids is 1. The Morgan fingerprint density at radius 3 is 2.70 bits per heavy atom. The van der Waals surface area contributed by atoms with E-state index >= 15 is 0 Å². The van der Waals surface area contributed by atoms with Crippen molar-refractivity contribution in [1.29, 1.82) is 0 Å². The third kappa shape index (κ3) is 6.28. The number of halogens is 1. The molecule has 0 spiro atoms. The van der Waals surface area contributed by atoms with Gasteiger partial charge in [-0.2, -0.15) is 0 Å². The molecule has 5 N–H and O–H groups in total. The van der Waals surface area contributed by atoms with Crippen LogP contribution in [0.4, 0.5) is 5.69 Å². The molecule has 1 aromatic carbocycles. The first kappa shape index (κ1) is 25.8. The highest BCUT2D eigenvalue weighted by Crippen LogP contribution is 2.28. The number of carboxylic acids is 1. The fraction of sp³-hybridized carbons (Fsp3) is 0.250. The van der Waals surface area contributed by atoms with Crippen molar-refractivity contribution in [1.82, 2.24) is 20.6 Å².